The Bertz CT molecular complexity index is 600. The Balaban J connectivity index is 2.07. The van der Waals surface area contributed by atoms with Gasteiger partial charge in [0.15, 0.2) is 6.10 Å². The lowest BCUT2D eigenvalue weighted by molar-refractivity contribution is -0.139. The van der Waals surface area contributed by atoms with Crippen LogP contribution < -0.4 is 4.74 Å². The van der Waals surface area contributed by atoms with Gasteiger partial charge in [-0.05, 0) is 30.4 Å². The molecule has 138 valence electrons. The molecule has 1 aromatic carbocycles. The minimum atomic E-state index is -0.483. The summed E-state index contributed by atoms with van der Waals surface area (Å²) in [5.74, 6) is 1.22. The van der Waals surface area contributed by atoms with Crippen molar-refractivity contribution in [3.05, 3.63) is 29.8 Å². The number of amides is 2. The lowest BCUT2D eigenvalue weighted by Gasteiger charge is -2.27. The SMILES string of the molecule is CC[C@H](Oc1ccccc1C(C)C)C(=O)N1CCCN(C(C)=O)CC1. The van der Waals surface area contributed by atoms with Crippen LogP contribution in [0.25, 0.3) is 0 Å². The van der Waals surface area contributed by atoms with Gasteiger partial charge in [0, 0.05) is 33.1 Å². The number of carbonyl (C=O) groups excluding carboxylic acids is 2. The molecule has 1 saturated heterocycles. The number of hydrogen-bond acceptors (Lipinski definition) is 3. The molecule has 0 saturated carbocycles. The van der Waals surface area contributed by atoms with E-state index in [1.807, 2.05) is 41.0 Å². The van der Waals surface area contributed by atoms with Crippen molar-refractivity contribution in [2.24, 2.45) is 0 Å². The number of rotatable bonds is 5. The molecule has 0 unspecified atom stereocenters. The summed E-state index contributed by atoms with van der Waals surface area (Å²) in [6.07, 6.45) is 0.950. The highest BCUT2D eigenvalue weighted by Crippen LogP contribution is 2.27. The zero-order valence-electron chi connectivity index (χ0n) is 15.8. The maximum atomic E-state index is 12.9. The maximum absolute atomic E-state index is 12.9. The molecule has 0 bridgehead atoms. The van der Waals surface area contributed by atoms with Gasteiger partial charge in [0.05, 0.1) is 0 Å². The van der Waals surface area contributed by atoms with Crippen LogP contribution in [0.4, 0.5) is 0 Å². The third-order valence-electron chi connectivity index (χ3n) is 4.71. The summed E-state index contributed by atoms with van der Waals surface area (Å²) in [5, 5.41) is 0. The van der Waals surface area contributed by atoms with E-state index in [1.54, 1.807) is 6.92 Å². The van der Waals surface area contributed by atoms with Gasteiger partial charge in [0.25, 0.3) is 5.91 Å². The van der Waals surface area contributed by atoms with Gasteiger partial charge in [-0.3, -0.25) is 9.59 Å². The average Bonchev–Trinajstić information content (AvgIpc) is 2.85. The van der Waals surface area contributed by atoms with E-state index >= 15 is 0 Å². The molecule has 0 aromatic heterocycles. The molecular weight excluding hydrogens is 316 g/mol. The zero-order chi connectivity index (χ0) is 18.4. The van der Waals surface area contributed by atoms with Crippen LogP contribution in [0.5, 0.6) is 5.75 Å². The number of benzene rings is 1. The molecule has 1 heterocycles. The first-order chi connectivity index (χ1) is 11.9. The Morgan fingerprint density at radius 1 is 1.08 bits per heavy atom. The standard InChI is InChI=1S/C20H30N2O3/c1-5-18(25-19-10-7-6-9-17(19)15(2)3)20(24)22-12-8-11-21(13-14-22)16(4)23/h6-7,9-10,15,18H,5,8,11-14H2,1-4H3/t18-/m0/s1. The van der Waals surface area contributed by atoms with Gasteiger partial charge in [0.1, 0.15) is 5.75 Å². The average molecular weight is 346 g/mol. The molecule has 0 aliphatic carbocycles. The number of hydrogen-bond donors (Lipinski definition) is 0. The summed E-state index contributed by atoms with van der Waals surface area (Å²) >= 11 is 0. The molecular formula is C20H30N2O3. The van der Waals surface area contributed by atoms with Crippen molar-refractivity contribution in [1.29, 1.82) is 0 Å². The molecule has 1 aliphatic rings. The molecule has 1 atom stereocenters. The zero-order valence-corrected chi connectivity index (χ0v) is 15.8. The minimum absolute atomic E-state index is 0.0199. The molecule has 0 radical (unpaired) electrons. The first-order valence-electron chi connectivity index (χ1n) is 9.23. The van der Waals surface area contributed by atoms with Crippen molar-refractivity contribution in [2.75, 3.05) is 26.2 Å². The van der Waals surface area contributed by atoms with Crippen LogP contribution in [0.3, 0.4) is 0 Å². The maximum Gasteiger partial charge on any atom is 0.263 e. The largest absolute Gasteiger partial charge is 0.480 e. The number of para-hydroxylation sites is 1. The lowest BCUT2D eigenvalue weighted by atomic mass is 10.0. The fourth-order valence-corrected chi connectivity index (χ4v) is 3.18. The van der Waals surface area contributed by atoms with E-state index in [2.05, 4.69) is 13.8 Å². The van der Waals surface area contributed by atoms with Crippen molar-refractivity contribution in [3.8, 4) is 5.75 Å². The van der Waals surface area contributed by atoms with E-state index in [1.165, 1.54) is 0 Å². The van der Waals surface area contributed by atoms with Gasteiger partial charge in [-0.15, -0.1) is 0 Å². The Kier molecular flexibility index (Phi) is 6.85. The van der Waals surface area contributed by atoms with Gasteiger partial charge in [-0.1, -0.05) is 39.0 Å². The van der Waals surface area contributed by atoms with Crippen LogP contribution in [-0.2, 0) is 9.59 Å². The van der Waals surface area contributed by atoms with Gasteiger partial charge >= 0.3 is 0 Å². The Labute approximate surface area is 150 Å². The predicted octanol–water partition coefficient (Wildman–Crippen LogP) is 3.05. The second-order valence-electron chi connectivity index (χ2n) is 6.89. The van der Waals surface area contributed by atoms with E-state index in [0.717, 1.165) is 17.7 Å². The normalized spacial score (nSPS) is 16.5. The number of ether oxygens (including phenoxy) is 1. The molecule has 1 fully saturated rings. The minimum Gasteiger partial charge on any atom is -0.480 e. The summed E-state index contributed by atoms with van der Waals surface area (Å²) in [6.45, 7) is 10.4. The van der Waals surface area contributed by atoms with Crippen LogP contribution >= 0.6 is 0 Å². The molecule has 2 amide bonds. The van der Waals surface area contributed by atoms with E-state index in [9.17, 15) is 9.59 Å². The highest BCUT2D eigenvalue weighted by molar-refractivity contribution is 5.81. The molecule has 1 aliphatic heterocycles. The Morgan fingerprint density at radius 2 is 1.72 bits per heavy atom. The van der Waals surface area contributed by atoms with E-state index in [0.29, 0.717) is 38.5 Å². The second-order valence-corrected chi connectivity index (χ2v) is 6.89. The number of carbonyl (C=O) groups is 2. The molecule has 5 heteroatoms. The van der Waals surface area contributed by atoms with Gasteiger partial charge in [-0.25, -0.2) is 0 Å². The third kappa shape index (κ3) is 4.97. The predicted molar refractivity (Wildman–Crippen MR) is 98.7 cm³/mol. The van der Waals surface area contributed by atoms with Crippen LogP contribution in [0.15, 0.2) is 24.3 Å². The van der Waals surface area contributed by atoms with Gasteiger partial charge < -0.3 is 14.5 Å². The molecule has 2 rings (SSSR count). The van der Waals surface area contributed by atoms with Crippen molar-refractivity contribution in [2.45, 2.75) is 52.6 Å². The highest BCUT2D eigenvalue weighted by Gasteiger charge is 2.27. The first kappa shape index (κ1) is 19.3. The molecule has 5 nitrogen and oxygen atoms in total. The van der Waals surface area contributed by atoms with Crippen LogP contribution in [0, 0.1) is 0 Å². The first-order valence-corrected chi connectivity index (χ1v) is 9.23. The third-order valence-corrected chi connectivity index (χ3v) is 4.71. The summed E-state index contributed by atoms with van der Waals surface area (Å²) in [7, 11) is 0. The van der Waals surface area contributed by atoms with E-state index < -0.39 is 6.10 Å². The van der Waals surface area contributed by atoms with Crippen LogP contribution in [-0.4, -0.2) is 53.9 Å². The summed E-state index contributed by atoms with van der Waals surface area (Å²) in [6, 6.07) is 7.92. The van der Waals surface area contributed by atoms with Crippen molar-refractivity contribution < 1.29 is 14.3 Å². The summed E-state index contributed by atoms with van der Waals surface area (Å²) < 4.78 is 6.11. The topological polar surface area (TPSA) is 49.9 Å². The molecule has 25 heavy (non-hydrogen) atoms. The highest BCUT2D eigenvalue weighted by atomic mass is 16.5. The lowest BCUT2D eigenvalue weighted by Crippen LogP contribution is -2.44. The van der Waals surface area contributed by atoms with Crippen molar-refractivity contribution >= 4 is 11.8 Å². The molecule has 0 spiro atoms. The van der Waals surface area contributed by atoms with E-state index in [4.69, 9.17) is 4.74 Å². The Morgan fingerprint density at radius 3 is 2.36 bits per heavy atom. The van der Waals surface area contributed by atoms with Gasteiger partial charge in [-0.2, -0.15) is 0 Å². The smallest absolute Gasteiger partial charge is 0.263 e. The van der Waals surface area contributed by atoms with Crippen molar-refractivity contribution in [1.82, 2.24) is 9.80 Å². The van der Waals surface area contributed by atoms with E-state index in [-0.39, 0.29) is 11.8 Å². The summed E-state index contributed by atoms with van der Waals surface area (Å²) in [5.41, 5.74) is 1.12. The molecule has 0 N–H and O–H groups in total. The quantitative estimate of drug-likeness (QED) is 0.823. The fraction of sp³-hybridized carbons (Fsp3) is 0.600. The fourth-order valence-electron chi connectivity index (χ4n) is 3.18. The number of nitrogens with zero attached hydrogens (tertiary/aromatic N) is 2. The van der Waals surface area contributed by atoms with Crippen LogP contribution in [0.2, 0.25) is 0 Å². The monoisotopic (exact) mass is 346 g/mol. The Hall–Kier alpha value is -2.04. The summed E-state index contributed by atoms with van der Waals surface area (Å²) in [4.78, 5) is 28.2. The van der Waals surface area contributed by atoms with Crippen molar-refractivity contribution in [3.63, 3.8) is 0 Å². The second kappa shape index (κ2) is 8.88. The van der Waals surface area contributed by atoms with Crippen LogP contribution in [0.1, 0.15) is 52.0 Å². The van der Waals surface area contributed by atoms with Gasteiger partial charge in [0.2, 0.25) is 5.91 Å². The molecule has 1 aromatic rings.